The van der Waals surface area contributed by atoms with Crippen molar-refractivity contribution in [3.05, 3.63) is 65.0 Å². The molecule has 3 heterocycles. The van der Waals surface area contributed by atoms with Gasteiger partial charge in [-0.15, -0.1) is 0 Å². The molecular weight excluding hydrogens is 272 g/mol. The molecule has 100 valence electrons. The van der Waals surface area contributed by atoms with Gasteiger partial charge in [0.05, 0.1) is 17.6 Å². The van der Waals surface area contributed by atoms with Crippen LogP contribution >= 0.6 is 11.6 Å². The number of pyridine rings is 2. The second-order valence-electron chi connectivity index (χ2n) is 4.54. The number of halogens is 1. The first-order valence-corrected chi connectivity index (χ1v) is 6.68. The van der Waals surface area contributed by atoms with Crippen LogP contribution in [0.4, 0.5) is 0 Å². The molecule has 4 nitrogen and oxygen atoms in total. The van der Waals surface area contributed by atoms with Gasteiger partial charge in [-0.2, -0.15) is 0 Å². The Morgan fingerprint density at radius 1 is 1.10 bits per heavy atom. The van der Waals surface area contributed by atoms with E-state index in [1.165, 1.54) is 0 Å². The number of imidazole rings is 1. The summed E-state index contributed by atoms with van der Waals surface area (Å²) in [6, 6.07) is 11.5. The van der Waals surface area contributed by atoms with Crippen LogP contribution in [0.5, 0.6) is 0 Å². The molecule has 0 saturated carbocycles. The predicted molar refractivity (Wildman–Crippen MR) is 78.6 cm³/mol. The van der Waals surface area contributed by atoms with Gasteiger partial charge >= 0.3 is 0 Å². The van der Waals surface area contributed by atoms with Gasteiger partial charge in [0.1, 0.15) is 11.0 Å². The van der Waals surface area contributed by atoms with Gasteiger partial charge in [-0.3, -0.25) is 4.98 Å². The summed E-state index contributed by atoms with van der Waals surface area (Å²) >= 11 is 5.88. The van der Waals surface area contributed by atoms with Crippen molar-refractivity contribution in [3.63, 3.8) is 0 Å². The highest BCUT2D eigenvalue weighted by Gasteiger charge is 2.06. The minimum Gasteiger partial charge on any atom is -0.340 e. The van der Waals surface area contributed by atoms with Crippen molar-refractivity contribution < 1.29 is 0 Å². The molecule has 0 aromatic carbocycles. The zero-order valence-corrected chi connectivity index (χ0v) is 11.7. The van der Waals surface area contributed by atoms with Crippen LogP contribution in [0.25, 0.3) is 11.4 Å². The molecule has 3 aromatic heterocycles. The molecule has 0 amide bonds. The number of H-pyrrole nitrogens is 1. The fourth-order valence-corrected chi connectivity index (χ4v) is 2.18. The lowest BCUT2D eigenvalue weighted by molar-refractivity contribution is 0.977. The highest BCUT2D eigenvalue weighted by Crippen LogP contribution is 2.16. The maximum absolute atomic E-state index is 5.88. The van der Waals surface area contributed by atoms with Crippen LogP contribution in [0.1, 0.15) is 17.2 Å². The van der Waals surface area contributed by atoms with E-state index < -0.39 is 0 Å². The summed E-state index contributed by atoms with van der Waals surface area (Å²) in [5, 5.41) is 0.495. The SMILES string of the molecule is Cc1cccc(-c2cnc(Cc3cccc(Cl)n3)[nH]2)n1. The molecule has 0 aliphatic rings. The highest BCUT2D eigenvalue weighted by atomic mass is 35.5. The van der Waals surface area contributed by atoms with E-state index in [0.717, 1.165) is 28.6 Å². The van der Waals surface area contributed by atoms with Crippen LogP contribution in [0.15, 0.2) is 42.6 Å². The standard InChI is InChI=1S/C15H13ClN4/c1-10-4-2-6-12(18-10)13-9-17-15(20-13)8-11-5-3-7-14(16)19-11/h2-7,9H,8H2,1H3,(H,17,20). The van der Waals surface area contributed by atoms with Gasteiger partial charge in [0, 0.05) is 17.8 Å². The summed E-state index contributed by atoms with van der Waals surface area (Å²) in [4.78, 5) is 16.4. The van der Waals surface area contributed by atoms with E-state index in [2.05, 4.69) is 19.9 Å². The first-order valence-electron chi connectivity index (χ1n) is 6.30. The monoisotopic (exact) mass is 284 g/mol. The lowest BCUT2D eigenvalue weighted by Gasteiger charge is -1.99. The molecule has 20 heavy (non-hydrogen) atoms. The van der Waals surface area contributed by atoms with Crippen molar-refractivity contribution in [2.75, 3.05) is 0 Å². The van der Waals surface area contributed by atoms with Gasteiger partial charge in [0.2, 0.25) is 0 Å². The van der Waals surface area contributed by atoms with Gasteiger partial charge in [-0.25, -0.2) is 9.97 Å². The summed E-state index contributed by atoms with van der Waals surface area (Å²) < 4.78 is 0. The molecule has 0 unspecified atom stereocenters. The minimum absolute atomic E-state index is 0.495. The van der Waals surface area contributed by atoms with E-state index in [4.69, 9.17) is 11.6 Å². The van der Waals surface area contributed by atoms with E-state index in [1.54, 1.807) is 12.3 Å². The van der Waals surface area contributed by atoms with E-state index >= 15 is 0 Å². The fourth-order valence-electron chi connectivity index (χ4n) is 2.00. The first kappa shape index (κ1) is 12.8. The maximum Gasteiger partial charge on any atom is 0.129 e. The number of nitrogens with one attached hydrogen (secondary N) is 1. The molecule has 0 bridgehead atoms. The average Bonchev–Trinajstić information content (AvgIpc) is 2.87. The Kier molecular flexibility index (Phi) is 3.48. The third-order valence-corrected chi connectivity index (χ3v) is 3.12. The molecule has 5 heteroatoms. The second-order valence-corrected chi connectivity index (χ2v) is 4.92. The van der Waals surface area contributed by atoms with Crippen LogP contribution in [-0.2, 0) is 6.42 Å². The minimum atomic E-state index is 0.495. The molecule has 0 aliphatic carbocycles. The third-order valence-electron chi connectivity index (χ3n) is 2.91. The van der Waals surface area contributed by atoms with Crippen molar-refractivity contribution in [2.24, 2.45) is 0 Å². The van der Waals surface area contributed by atoms with Crippen molar-refractivity contribution in [2.45, 2.75) is 13.3 Å². The van der Waals surface area contributed by atoms with Gasteiger partial charge in [0.15, 0.2) is 0 Å². The average molecular weight is 285 g/mol. The largest absolute Gasteiger partial charge is 0.340 e. The molecular formula is C15H13ClN4. The fraction of sp³-hybridized carbons (Fsp3) is 0.133. The number of rotatable bonds is 3. The molecule has 0 saturated heterocycles. The molecule has 0 atom stereocenters. The quantitative estimate of drug-likeness (QED) is 0.750. The first-order chi connectivity index (χ1) is 9.70. The number of nitrogens with zero attached hydrogens (tertiary/aromatic N) is 3. The molecule has 3 aromatic rings. The summed E-state index contributed by atoms with van der Waals surface area (Å²) in [5.41, 5.74) is 3.67. The van der Waals surface area contributed by atoms with E-state index in [1.807, 2.05) is 37.3 Å². The number of aromatic amines is 1. The van der Waals surface area contributed by atoms with Crippen molar-refractivity contribution >= 4 is 11.6 Å². The van der Waals surface area contributed by atoms with Crippen LogP contribution in [0.2, 0.25) is 5.15 Å². The van der Waals surface area contributed by atoms with Crippen molar-refractivity contribution in [1.82, 2.24) is 19.9 Å². The Bertz CT molecular complexity index is 736. The Balaban J connectivity index is 1.84. The highest BCUT2D eigenvalue weighted by molar-refractivity contribution is 6.29. The normalized spacial score (nSPS) is 10.7. The Hall–Kier alpha value is -2.20. The zero-order valence-electron chi connectivity index (χ0n) is 11.0. The van der Waals surface area contributed by atoms with Crippen LogP contribution in [0, 0.1) is 6.92 Å². The smallest absolute Gasteiger partial charge is 0.129 e. The van der Waals surface area contributed by atoms with E-state index in [-0.39, 0.29) is 0 Å². The molecule has 3 rings (SSSR count). The number of aromatic nitrogens is 4. The van der Waals surface area contributed by atoms with Crippen LogP contribution < -0.4 is 0 Å². The number of hydrogen-bond acceptors (Lipinski definition) is 3. The summed E-state index contributed by atoms with van der Waals surface area (Å²) in [6.07, 6.45) is 2.41. The van der Waals surface area contributed by atoms with E-state index in [0.29, 0.717) is 11.6 Å². The second kappa shape index (κ2) is 5.43. The van der Waals surface area contributed by atoms with Gasteiger partial charge < -0.3 is 4.98 Å². The van der Waals surface area contributed by atoms with Crippen molar-refractivity contribution in [1.29, 1.82) is 0 Å². The van der Waals surface area contributed by atoms with Gasteiger partial charge in [0.25, 0.3) is 0 Å². The van der Waals surface area contributed by atoms with Gasteiger partial charge in [-0.05, 0) is 31.2 Å². The van der Waals surface area contributed by atoms with Crippen LogP contribution in [-0.4, -0.2) is 19.9 Å². The molecule has 1 N–H and O–H groups in total. The van der Waals surface area contributed by atoms with E-state index in [9.17, 15) is 0 Å². The summed E-state index contributed by atoms with van der Waals surface area (Å²) in [7, 11) is 0. The van der Waals surface area contributed by atoms with Gasteiger partial charge in [-0.1, -0.05) is 23.7 Å². The molecule has 0 fully saturated rings. The number of aryl methyl sites for hydroxylation is 1. The molecule has 0 aliphatic heterocycles. The topological polar surface area (TPSA) is 54.5 Å². The zero-order chi connectivity index (χ0) is 13.9. The lowest BCUT2D eigenvalue weighted by atomic mass is 10.2. The Morgan fingerprint density at radius 3 is 2.75 bits per heavy atom. The molecule has 0 radical (unpaired) electrons. The molecule has 0 spiro atoms. The maximum atomic E-state index is 5.88. The van der Waals surface area contributed by atoms with Crippen molar-refractivity contribution in [3.8, 4) is 11.4 Å². The summed E-state index contributed by atoms with van der Waals surface area (Å²) in [6.45, 7) is 1.97. The Morgan fingerprint density at radius 2 is 1.95 bits per heavy atom. The number of hydrogen-bond donors (Lipinski definition) is 1. The van der Waals surface area contributed by atoms with Crippen LogP contribution in [0.3, 0.4) is 0 Å². The summed E-state index contributed by atoms with van der Waals surface area (Å²) in [5.74, 6) is 0.845. The lowest BCUT2D eigenvalue weighted by Crippen LogP contribution is -1.94. The third kappa shape index (κ3) is 2.86. The predicted octanol–water partition coefficient (Wildman–Crippen LogP) is 3.42. The Labute approximate surface area is 121 Å².